The molecule has 0 aliphatic heterocycles. The van der Waals surface area contributed by atoms with Crippen molar-refractivity contribution in [1.29, 1.82) is 0 Å². The third kappa shape index (κ3) is 3.20. The molecule has 2 N–H and O–H groups in total. The number of hydrogen-bond donors (Lipinski definition) is 1. The fourth-order valence-electron chi connectivity index (χ4n) is 2.02. The molecule has 0 aliphatic rings. The molecule has 0 spiro atoms. The van der Waals surface area contributed by atoms with Crippen molar-refractivity contribution in [1.82, 2.24) is 10.1 Å². The third-order valence-corrected chi connectivity index (χ3v) is 2.85. The summed E-state index contributed by atoms with van der Waals surface area (Å²) in [4.78, 5) is 4.35. The van der Waals surface area contributed by atoms with Crippen LogP contribution in [0.1, 0.15) is 26.2 Å². The lowest BCUT2D eigenvalue weighted by Gasteiger charge is -2.14. The molecule has 0 saturated carbocycles. The normalized spacial score (nSPS) is 13.1. The SMILES string of the molecule is CC(C)C[C@H](CN)Cc1nc(-c2ccoc2)no1. The summed E-state index contributed by atoms with van der Waals surface area (Å²) in [6, 6.07) is 1.81. The van der Waals surface area contributed by atoms with E-state index in [4.69, 9.17) is 14.7 Å². The van der Waals surface area contributed by atoms with E-state index in [9.17, 15) is 0 Å². The first-order valence-corrected chi connectivity index (χ1v) is 6.24. The van der Waals surface area contributed by atoms with E-state index in [0.717, 1.165) is 18.4 Å². The first kappa shape index (κ1) is 12.8. The molecule has 18 heavy (non-hydrogen) atoms. The predicted molar refractivity (Wildman–Crippen MR) is 67.7 cm³/mol. The van der Waals surface area contributed by atoms with Gasteiger partial charge in [0.25, 0.3) is 0 Å². The number of nitrogens with zero attached hydrogens (tertiary/aromatic N) is 2. The smallest absolute Gasteiger partial charge is 0.227 e. The van der Waals surface area contributed by atoms with E-state index < -0.39 is 0 Å². The van der Waals surface area contributed by atoms with Crippen LogP contribution >= 0.6 is 0 Å². The maximum atomic E-state index is 5.77. The second kappa shape index (κ2) is 5.82. The highest BCUT2D eigenvalue weighted by molar-refractivity contribution is 5.51. The van der Waals surface area contributed by atoms with Gasteiger partial charge in [0.15, 0.2) is 0 Å². The van der Waals surface area contributed by atoms with Crippen LogP contribution in [0.3, 0.4) is 0 Å². The van der Waals surface area contributed by atoms with Gasteiger partial charge in [-0.05, 0) is 30.9 Å². The van der Waals surface area contributed by atoms with Crippen molar-refractivity contribution in [3.8, 4) is 11.4 Å². The van der Waals surface area contributed by atoms with Crippen molar-refractivity contribution in [3.63, 3.8) is 0 Å². The van der Waals surface area contributed by atoms with Gasteiger partial charge in [0.2, 0.25) is 11.7 Å². The maximum absolute atomic E-state index is 5.77. The van der Waals surface area contributed by atoms with Crippen LogP contribution in [0.5, 0.6) is 0 Å². The summed E-state index contributed by atoms with van der Waals surface area (Å²) in [6.07, 6.45) is 5.00. The van der Waals surface area contributed by atoms with Gasteiger partial charge in [0, 0.05) is 6.42 Å². The second-order valence-corrected chi connectivity index (χ2v) is 4.96. The molecule has 98 valence electrons. The first-order valence-electron chi connectivity index (χ1n) is 6.24. The summed E-state index contributed by atoms with van der Waals surface area (Å²) in [5.74, 6) is 2.22. The number of aromatic nitrogens is 2. The molecule has 1 atom stereocenters. The zero-order chi connectivity index (χ0) is 13.0. The van der Waals surface area contributed by atoms with Crippen molar-refractivity contribution in [2.45, 2.75) is 26.7 Å². The first-order chi connectivity index (χ1) is 8.69. The van der Waals surface area contributed by atoms with Gasteiger partial charge in [-0.15, -0.1) is 0 Å². The highest BCUT2D eigenvalue weighted by Gasteiger charge is 2.15. The Morgan fingerprint density at radius 2 is 2.22 bits per heavy atom. The Morgan fingerprint density at radius 1 is 1.39 bits per heavy atom. The average Bonchev–Trinajstić information content (AvgIpc) is 2.97. The maximum Gasteiger partial charge on any atom is 0.227 e. The Morgan fingerprint density at radius 3 is 2.83 bits per heavy atom. The zero-order valence-corrected chi connectivity index (χ0v) is 10.8. The lowest BCUT2D eigenvalue weighted by Crippen LogP contribution is -2.19. The quantitative estimate of drug-likeness (QED) is 0.851. The zero-order valence-electron chi connectivity index (χ0n) is 10.8. The van der Waals surface area contributed by atoms with Gasteiger partial charge in [0.1, 0.15) is 6.26 Å². The number of nitrogens with two attached hydrogens (primary N) is 1. The summed E-state index contributed by atoms with van der Waals surface area (Å²) >= 11 is 0. The van der Waals surface area contributed by atoms with Crippen LogP contribution in [-0.4, -0.2) is 16.7 Å². The summed E-state index contributed by atoms with van der Waals surface area (Å²) in [6.45, 7) is 5.02. The Balaban J connectivity index is 2.01. The minimum Gasteiger partial charge on any atom is -0.472 e. The van der Waals surface area contributed by atoms with Crippen LogP contribution in [-0.2, 0) is 6.42 Å². The van der Waals surface area contributed by atoms with Crippen LogP contribution in [0.2, 0.25) is 0 Å². The number of hydrogen-bond acceptors (Lipinski definition) is 5. The number of furan rings is 1. The molecule has 2 heterocycles. The van der Waals surface area contributed by atoms with Gasteiger partial charge >= 0.3 is 0 Å². The fraction of sp³-hybridized carbons (Fsp3) is 0.538. The Labute approximate surface area is 106 Å². The van der Waals surface area contributed by atoms with Crippen molar-refractivity contribution in [2.24, 2.45) is 17.6 Å². The van der Waals surface area contributed by atoms with E-state index in [1.54, 1.807) is 12.5 Å². The molecule has 0 bridgehead atoms. The van der Waals surface area contributed by atoms with Gasteiger partial charge in [-0.2, -0.15) is 4.98 Å². The summed E-state index contributed by atoms with van der Waals surface area (Å²) in [7, 11) is 0. The molecule has 2 aromatic heterocycles. The monoisotopic (exact) mass is 249 g/mol. The van der Waals surface area contributed by atoms with Crippen LogP contribution in [0.15, 0.2) is 27.5 Å². The van der Waals surface area contributed by atoms with Crippen LogP contribution in [0.4, 0.5) is 0 Å². The lowest BCUT2D eigenvalue weighted by atomic mass is 9.94. The predicted octanol–water partition coefficient (Wildman–Crippen LogP) is 2.49. The molecular formula is C13H19N3O2. The topological polar surface area (TPSA) is 78.1 Å². The Hall–Kier alpha value is -1.62. The highest BCUT2D eigenvalue weighted by Crippen LogP contribution is 2.19. The molecule has 2 aromatic rings. The molecule has 2 rings (SSSR count). The summed E-state index contributed by atoms with van der Waals surface area (Å²) in [5.41, 5.74) is 6.60. The fourth-order valence-corrected chi connectivity index (χ4v) is 2.02. The summed E-state index contributed by atoms with van der Waals surface area (Å²) in [5, 5.41) is 3.94. The van der Waals surface area contributed by atoms with Gasteiger partial charge in [-0.1, -0.05) is 19.0 Å². The van der Waals surface area contributed by atoms with E-state index in [-0.39, 0.29) is 0 Å². The highest BCUT2D eigenvalue weighted by atomic mass is 16.5. The standard InChI is InChI=1S/C13H19N3O2/c1-9(2)5-10(7-14)6-12-15-13(16-18-12)11-3-4-17-8-11/h3-4,8-10H,5-7,14H2,1-2H3/t10-/m0/s1. The van der Waals surface area contributed by atoms with Crippen LogP contribution in [0.25, 0.3) is 11.4 Å². The molecule has 0 fully saturated rings. The molecule has 5 heteroatoms. The molecule has 0 amide bonds. The van der Waals surface area contributed by atoms with Crippen LogP contribution < -0.4 is 5.73 Å². The molecule has 0 saturated heterocycles. The Kier molecular flexibility index (Phi) is 4.15. The van der Waals surface area contributed by atoms with E-state index >= 15 is 0 Å². The van der Waals surface area contributed by atoms with E-state index in [0.29, 0.717) is 30.1 Å². The third-order valence-electron chi connectivity index (χ3n) is 2.85. The van der Waals surface area contributed by atoms with Crippen molar-refractivity contribution in [2.75, 3.05) is 6.54 Å². The van der Waals surface area contributed by atoms with E-state index in [1.807, 2.05) is 6.07 Å². The molecular weight excluding hydrogens is 230 g/mol. The van der Waals surface area contributed by atoms with Gasteiger partial charge in [-0.3, -0.25) is 0 Å². The second-order valence-electron chi connectivity index (χ2n) is 4.96. The molecule has 0 unspecified atom stereocenters. The minimum absolute atomic E-state index is 0.391. The molecule has 0 aliphatic carbocycles. The molecule has 0 radical (unpaired) electrons. The van der Waals surface area contributed by atoms with Gasteiger partial charge < -0.3 is 14.7 Å². The van der Waals surface area contributed by atoms with E-state index in [2.05, 4.69) is 24.0 Å². The Bertz CT molecular complexity index is 462. The van der Waals surface area contributed by atoms with Gasteiger partial charge in [-0.25, -0.2) is 0 Å². The molecule has 0 aromatic carbocycles. The van der Waals surface area contributed by atoms with Crippen molar-refractivity contribution in [3.05, 3.63) is 24.5 Å². The molecule has 5 nitrogen and oxygen atoms in total. The van der Waals surface area contributed by atoms with Gasteiger partial charge in [0.05, 0.1) is 11.8 Å². The van der Waals surface area contributed by atoms with Crippen molar-refractivity contribution < 1.29 is 8.94 Å². The minimum atomic E-state index is 0.391. The lowest BCUT2D eigenvalue weighted by molar-refractivity contribution is 0.332. The van der Waals surface area contributed by atoms with Crippen molar-refractivity contribution >= 4 is 0 Å². The average molecular weight is 249 g/mol. The summed E-state index contributed by atoms with van der Waals surface area (Å²) < 4.78 is 10.2. The number of rotatable bonds is 6. The largest absolute Gasteiger partial charge is 0.472 e. The van der Waals surface area contributed by atoms with E-state index in [1.165, 1.54) is 0 Å². The van der Waals surface area contributed by atoms with Crippen LogP contribution in [0, 0.1) is 11.8 Å².